The molecule has 1 saturated carbocycles. The lowest BCUT2D eigenvalue weighted by atomic mass is 10.0. The highest BCUT2D eigenvalue weighted by atomic mass is 16.3. The van der Waals surface area contributed by atoms with Gasteiger partial charge in [-0.15, -0.1) is 0 Å². The van der Waals surface area contributed by atoms with E-state index >= 15 is 0 Å². The Morgan fingerprint density at radius 2 is 2.26 bits per heavy atom. The second kappa shape index (κ2) is 7.80. The summed E-state index contributed by atoms with van der Waals surface area (Å²) in [6, 6.07) is 8.09. The van der Waals surface area contributed by atoms with Gasteiger partial charge in [0.05, 0.1) is 6.61 Å². The number of aliphatic hydroxyl groups is 1. The predicted molar refractivity (Wildman–Crippen MR) is 90.9 cm³/mol. The van der Waals surface area contributed by atoms with Gasteiger partial charge in [0.25, 0.3) is 5.91 Å². The molecule has 0 saturated heterocycles. The zero-order valence-electron chi connectivity index (χ0n) is 13.7. The summed E-state index contributed by atoms with van der Waals surface area (Å²) in [5.74, 6) is -0.297. The fraction of sp³-hybridized carbons (Fsp3) is 0.444. The normalized spacial score (nSPS) is 14.3. The highest BCUT2D eigenvalue weighted by Crippen LogP contribution is 2.22. The van der Waals surface area contributed by atoms with Crippen LogP contribution in [-0.2, 0) is 4.79 Å². The zero-order valence-corrected chi connectivity index (χ0v) is 13.7. The van der Waals surface area contributed by atoms with Crippen molar-refractivity contribution in [1.82, 2.24) is 5.32 Å². The van der Waals surface area contributed by atoms with Crippen LogP contribution < -0.4 is 10.2 Å². The van der Waals surface area contributed by atoms with E-state index in [0.717, 1.165) is 36.2 Å². The number of aliphatic hydroxyl groups excluding tert-OH is 1. The van der Waals surface area contributed by atoms with Crippen LogP contribution in [0.4, 0.5) is 5.69 Å². The minimum Gasteiger partial charge on any atom is -0.395 e. The molecule has 1 fully saturated rings. The van der Waals surface area contributed by atoms with Crippen molar-refractivity contribution < 1.29 is 9.90 Å². The lowest BCUT2D eigenvalue weighted by Crippen LogP contribution is -2.26. The van der Waals surface area contributed by atoms with Crippen LogP contribution in [0, 0.1) is 18.3 Å². The molecular formula is C18H23N3O2. The number of nitrogens with one attached hydrogen (secondary N) is 1. The highest BCUT2D eigenvalue weighted by molar-refractivity contribution is 6.02. The van der Waals surface area contributed by atoms with Gasteiger partial charge in [-0.2, -0.15) is 5.26 Å². The van der Waals surface area contributed by atoms with Crippen LogP contribution in [0.1, 0.15) is 30.9 Å². The molecule has 5 heteroatoms. The fourth-order valence-corrected chi connectivity index (χ4v) is 2.40. The van der Waals surface area contributed by atoms with Gasteiger partial charge in [-0.3, -0.25) is 4.79 Å². The molecule has 1 aromatic rings. The Balaban J connectivity index is 2.20. The number of rotatable bonds is 7. The molecular weight excluding hydrogens is 290 g/mol. The minimum atomic E-state index is -0.297. The lowest BCUT2D eigenvalue weighted by molar-refractivity contribution is -0.117. The fourth-order valence-electron chi connectivity index (χ4n) is 2.40. The van der Waals surface area contributed by atoms with Gasteiger partial charge in [0.2, 0.25) is 0 Å². The van der Waals surface area contributed by atoms with E-state index < -0.39 is 0 Å². The summed E-state index contributed by atoms with van der Waals surface area (Å²) in [4.78, 5) is 14.1. The van der Waals surface area contributed by atoms with Crippen LogP contribution in [0.5, 0.6) is 0 Å². The molecule has 1 aromatic carbocycles. The number of amides is 1. The number of anilines is 1. The standard InChI is InChI=1S/C18H23N3O2/c1-3-21(8-9-22)17-7-4-14(13(2)10-17)11-15(12-19)18(23)20-16-5-6-16/h4,7,10-11,16,22H,3,5-6,8-9H2,1-2H3,(H,20,23)/b15-11+. The molecule has 0 heterocycles. The zero-order chi connectivity index (χ0) is 16.8. The summed E-state index contributed by atoms with van der Waals surface area (Å²) in [5, 5.41) is 21.2. The summed E-state index contributed by atoms with van der Waals surface area (Å²) < 4.78 is 0. The van der Waals surface area contributed by atoms with Crippen molar-refractivity contribution in [3.05, 3.63) is 34.9 Å². The van der Waals surface area contributed by atoms with Crippen LogP contribution in [-0.4, -0.2) is 36.8 Å². The van der Waals surface area contributed by atoms with E-state index in [-0.39, 0.29) is 24.1 Å². The number of likely N-dealkylation sites (N-methyl/N-ethyl adjacent to an activating group) is 1. The Labute approximate surface area is 137 Å². The van der Waals surface area contributed by atoms with E-state index in [1.807, 2.05) is 38.1 Å². The topological polar surface area (TPSA) is 76.4 Å². The van der Waals surface area contributed by atoms with E-state index in [4.69, 9.17) is 5.11 Å². The van der Waals surface area contributed by atoms with Crippen LogP contribution in [0.2, 0.25) is 0 Å². The Hall–Kier alpha value is -2.32. The quantitative estimate of drug-likeness (QED) is 0.596. The largest absolute Gasteiger partial charge is 0.395 e. The predicted octanol–water partition coefficient (Wildman–Crippen LogP) is 2.00. The Morgan fingerprint density at radius 3 is 2.78 bits per heavy atom. The second-order valence-corrected chi connectivity index (χ2v) is 5.76. The first-order valence-electron chi connectivity index (χ1n) is 7.98. The Morgan fingerprint density at radius 1 is 1.52 bits per heavy atom. The van der Waals surface area contributed by atoms with Crippen molar-refractivity contribution in [2.75, 3.05) is 24.6 Å². The van der Waals surface area contributed by atoms with Crippen molar-refractivity contribution in [3.8, 4) is 6.07 Å². The smallest absolute Gasteiger partial charge is 0.262 e. The molecule has 1 aliphatic carbocycles. The highest BCUT2D eigenvalue weighted by Gasteiger charge is 2.24. The molecule has 23 heavy (non-hydrogen) atoms. The molecule has 0 radical (unpaired) electrons. The first-order chi connectivity index (χ1) is 11.1. The maximum atomic E-state index is 12.0. The van der Waals surface area contributed by atoms with Gasteiger partial charge in [-0.25, -0.2) is 0 Å². The number of carbonyl (C=O) groups excluding carboxylic acids is 1. The number of hydrogen-bond acceptors (Lipinski definition) is 4. The number of carbonyl (C=O) groups is 1. The SMILES string of the molecule is CCN(CCO)c1ccc(/C=C(\C#N)C(=O)NC2CC2)c(C)c1. The molecule has 5 nitrogen and oxygen atoms in total. The van der Waals surface area contributed by atoms with Gasteiger partial charge in [-0.1, -0.05) is 6.07 Å². The van der Waals surface area contributed by atoms with E-state index in [1.165, 1.54) is 0 Å². The van der Waals surface area contributed by atoms with Crippen molar-refractivity contribution in [2.45, 2.75) is 32.7 Å². The summed E-state index contributed by atoms with van der Waals surface area (Å²) in [5.41, 5.74) is 3.01. The van der Waals surface area contributed by atoms with Crippen LogP contribution in [0.3, 0.4) is 0 Å². The summed E-state index contributed by atoms with van der Waals surface area (Å²) in [6.45, 7) is 5.49. The van der Waals surface area contributed by atoms with Crippen LogP contribution in [0.25, 0.3) is 6.08 Å². The molecule has 0 atom stereocenters. The molecule has 2 rings (SSSR count). The van der Waals surface area contributed by atoms with E-state index in [0.29, 0.717) is 6.54 Å². The molecule has 1 amide bonds. The van der Waals surface area contributed by atoms with Gasteiger partial charge >= 0.3 is 0 Å². The molecule has 0 aromatic heterocycles. The van der Waals surface area contributed by atoms with Crippen LogP contribution >= 0.6 is 0 Å². The molecule has 0 bridgehead atoms. The maximum absolute atomic E-state index is 12.0. The number of nitriles is 1. The average molecular weight is 313 g/mol. The van der Waals surface area contributed by atoms with E-state index in [1.54, 1.807) is 6.08 Å². The third-order valence-electron chi connectivity index (χ3n) is 3.95. The third-order valence-corrected chi connectivity index (χ3v) is 3.95. The van der Waals surface area contributed by atoms with E-state index in [2.05, 4.69) is 10.2 Å². The van der Waals surface area contributed by atoms with Gasteiger partial charge in [0, 0.05) is 24.8 Å². The number of aryl methyl sites for hydroxylation is 1. The number of hydrogen-bond donors (Lipinski definition) is 2. The molecule has 1 aliphatic rings. The average Bonchev–Trinajstić information content (AvgIpc) is 3.35. The van der Waals surface area contributed by atoms with Gasteiger partial charge in [0.1, 0.15) is 11.6 Å². The van der Waals surface area contributed by atoms with Gasteiger partial charge < -0.3 is 15.3 Å². The van der Waals surface area contributed by atoms with Crippen molar-refractivity contribution in [2.24, 2.45) is 0 Å². The summed E-state index contributed by atoms with van der Waals surface area (Å²) in [6.07, 6.45) is 3.63. The molecule has 0 aliphatic heterocycles. The van der Waals surface area contributed by atoms with E-state index in [9.17, 15) is 10.1 Å². The number of benzene rings is 1. The maximum Gasteiger partial charge on any atom is 0.262 e. The Bertz CT molecular complexity index is 642. The van der Waals surface area contributed by atoms with Crippen molar-refractivity contribution in [3.63, 3.8) is 0 Å². The molecule has 0 unspecified atom stereocenters. The number of nitrogens with zero attached hydrogens (tertiary/aromatic N) is 2. The van der Waals surface area contributed by atoms with Crippen molar-refractivity contribution >= 4 is 17.7 Å². The summed E-state index contributed by atoms with van der Waals surface area (Å²) in [7, 11) is 0. The van der Waals surface area contributed by atoms with Gasteiger partial charge in [-0.05, 0) is 56.0 Å². The second-order valence-electron chi connectivity index (χ2n) is 5.76. The first kappa shape index (κ1) is 17.0. The van der Waals surface area contributed by atoms with Gasteiger partial charge in [0.15, 0.2) is 0 Å². The monoisotopic (exact) mass is 313 g/mol. The molecule has 2 N–H and O–H groups in total. The summed E-state index contributed by atoms with van der Waals surface area (Å²) >= 11 is 0. The molecule has 122 valence electrons. The first-order valence-corrected chi connectivity index (χ1v) is 7.98. The Kier molecular flexibility index (Phi) is 5.78. The lowest BCUT2D eigenvalue weighted by Gasteiger charge is -2.22. The minimum absolute atomic E-state index is 0.106. The molecule has 0 spiro atoms. The van der Waals surface area contributed by atoms with Crippen molar-refractivity contribution in [1.29, 1.82) is 5.26 Å². The van der Waals surface area contributed by atoms with Crippen LogP contribution in [0.15, 0.2) is 23.8 Å². The third kappa shape index (κ3) is 4.57.